The minimum Gasteiger partial charge on any atom is -0.495 e. The van der Waals surface area contributed by atoms with E-state index >= 15 is 0 Å². The van der Waals surface area contributed by atoms with Crippen LogP contribution < -0.4 is 10.1 Å². The molecule has 108 valence electrons. The van der Waals surface area contributed by atoms with E-state index in [0.29, 0.717) is 0 Å². The van der Waals surface area contributed by atoms with E-state index in [1.807, 2.05) is 37.0 Å². The van der Waals surface area contributed by atoms with Gasteiger partial charge >= 0.3 is 0 Å². The third-order valence-corrected chi connectivity index (χ3v) is 4.41. The summed E-state index contributed by atoms with van der Waals surface area (Å²) in [5.74, 6) is 0.797. The van der Waals surface area contributed by atoms with Gasteiger partial charge in [0, 0.05) is 29.3 Å². The largest absolute Gasteiger partial charge is 0.495 e. The molecule has 0 aliphatic carbocycles. The smallest absolute Gasteiger partial charge is 0.135 e. The monoisotopic (exact) mass is 401 g/mol. The molecule has 6 heteroatoms. The lowest BCUT2D eigenvalue weighted by atomic mass is 10.1. The summed E-state index contributed by atoms with van der Waals surface area (Å²) in [5, 5.41) is 7.86. The predicted molar refractivity (Wildman–Crippen MR) is 88.4 cm³/mol. The van der Waals surface area contributed by atoms with Gasteiger partial charge < -0.3 is 10.1 Å². The molecule has 0 saturated carbocycles. The molecule has 1 heterocycles. The van der Waals surface area contributed by atoms with Gasteiger partial charge in [-0.25, -0.2) is 0 Å². The maximum absolute atomic E-state index is 5.33. The molecule has 0 spiro atoms. The Morgan fingerprint density at radius 3 is 2.55 bits per heavy atom. The maximum Gasteiger partial charge on any atom is 0.135 e. The molecule has 0 saturated heterocycles. The van der Waals surface area contributed by atoms with Crippen LogP contribution in [0.25, 0.3) is 0 Å². The van der Waals surface area contributed by atoms with Crippen molar-refractivity contribution in [2.75, 3.05) is 12.4 Å². The molecule has 1 aromatic carbocycles. The van der Waals surface area contributed by atoms with Crippen molar-refractivity contribution in [3.63, 3.8) is 0 Å². The first kappa shape index (κ1) is 15.4. The van der Waals surface area contributed by atoms with E-state index in [9.17, 15) is 0 Å². The Morgan fingerprint density at radius 1 is 1.30 bits per heavy atom. The number of benzene rings is 1. The van der Waals surface area contributed by atoms with Gasteiger partial charge in [0.25, 0.3) is 0 Å². The third-order valence-electron chi connectivity index (χ3n) is 3.13. The van der Waals surface area contributed by atoms with E-state index in [1.165, 1.54) is 5.56 Å². The van der Waals surface area contributed by atoms with Crippen LogP contribution in [0.4, 0.5) is 5.69 Å². The number of rotatable bonds is 4. The van der Waals surface area contributed by atoms with Crippen molar-refractivity contribution in [2.45, 2.75) is 19.9 Å². The van der Waals surface area contributed by atoms with Gasteiger partial charge in [-0.05, 0) is 51.8 Å². The minimum absolute atomic E-state index is 0.158. The van der Waals surface area contributed by atoms with Crippen molar-refractivity contribution in [3.8, 4) is 5.75 Å². The molecule has 0 radical (unpaired) electrons. The van der Waals surface area contributed by atoms with Crippen molar-refractivity contribution in [1.82, 2.24) is 9.78 Å². The number of methoxy groups -OCH3 is 1. The summed E-state index contributed by atoms with van der Waals surface area (Å²) in [6, 6.07) is 4.10. The third kappa shape index (κ3) is 3.17. The highest BCUT2D eigenvalue weighted by molar-refractivity contribution is 9.11. The van der Waals surface area contributed by atoms with Gasteiger partial charge in [0.2, 0.25) is 0 Å². The van der Waals surface area contributed by atoms with Gasteiger partial charge in [-0.15, -0.1) is 0 Å². The fourth-order valence-corrected chi connectivity index (χ4v) is 3.42. The van der Waals surface area contributed by atoms with Crippen LogP contribution >= 0.6 is 31.9 Å². The van der Waals surface area contributed by atoms with Gasteiger partial charge in [0.1, 0.15) is 5.75 Å². The van der Waals surface area contributed by atoms with Crippen molar-refractivity contribution >= 4 is 37.5 Å². The average Bonchev–Trinajstić information content (AvgIpc) is 2.71. The summed E-state index contributed by atoms with van der Waals surface area (Å²) in [6.07, 6.45) is 2.04. The standard InChI is InChI=1S/C14H17Br2N3O/c1-8(10-7-19(3)18-9(10)2)17-13-6-14(20-4)12(16)5-11(13)15/h5-8,17H,1-4H3. The molecule has 2 rings (SSSR count). The fraction of sp³-hybridized carbons (Fsp3) is 0.357. The molecule has 4 nitrogen and oxygen atoms in total. The molecule has 2 aromatic rings. The zero-order chi connectivity index (χ0) is 14.9. The number of hydrogen-bond donors (Lipinski definition) is 1. The van der Waals surface area contributed by atoms with Crippen LogP contribution in [-0.4, -0.2) is 16.9 Å². The summed E-state index contributed by atoms with van der Waals surface area (Å²) in [4.78, 5) is 0. The zero-order valence-corrected chi connectivity index (χ0v) is 15.0. The van der Waals surface area contributed by atoms with Crippen LogP contribution in [0.2, 0.25) is 0 Å². The quantitative estimate of drug-likeness (QED) is 0.821. The molecular weight excluding hydrogens is 386 g/mol. The molecule has 0 bridgehead atoms. The average molecular weight is 403 g/mol. The summed E-state index contributed by atoms with van der Waals surface area (Å²) >= 11 is 7.04. The second kappa shape index (κ2) is 6.18. The molecule has 0 aliphatic heterocycles. The number of nitrogens with one attached hydrogen (secondary N) is 1. The zero-order valence-electron chi connectivity index (χ0n) is 11.9. The van der Waals surface area contributed by atoms with Gasteiger partial charge in [0.05, 0.1) is 29.0 Å². The van der Waals surface area contributed by atoms with Crippen molar-refractivity contribution in [1.29, 1.82) is 0 Å². The highest BCUT2D eigenvalue weighted by atomic mass is 79.9. The number of anilines is 1. The fourth-order valence-electron chi connectivity index (χ4n) is 2.15. The SMILES string of the molecule is COc1cc(NC(C)c2cn(C)nc2C)c(Br)cc1Br. The van der Waals surface area contributed by atoms with Crippen molar-refractivity contribution in [2.24, 2.45) is 7.05 Å². The minimum atomic E-state index is 0.158. The van der Waals surface area contributed by atoms with Crippen LogP contribution in [0.1, 0.15) is 24.2 Å². The van der Waals surface area contributed by atoms with E-state index in [2.05, 4.69) is 49.2 Å². The summed E-state index contributed by atoms with van der Waals surface area (Å²) in [6.45, 7) is 4.13. The van der Waals surface area contributed by atoms with E-state index < -0.39 is 0 Å². The first-order valence-electron chi connectivity index (χ1n) is 6.22. The lowest BCUT2D eigenvalue weighted by Crippen LogP contribution is -2.08. The van der Waals surface area contributed by atoms with Crippen LogP contribution in [0.5, 0.6) is 5.75 Å². The lowest BCUT2D eigenvalue weighted by Gasteiger charge is -2.17. The molecule has 1 N–H and O–H groups in total. The highest BCUT2D eigenvalue weighted by Gasteiger charge is 2.14. The molecule has 0 amide bonds. The first-order valence-corrected chi connectivity index (χ1v) is 7.80. The van der Waals surface area contributed by atoms with Crippen LogP contribution in [0, 0.1) is 6.92 Å². The topological polar surface area (TPSA) is 39.1 Å². The Kier molecular flexibility index (Phi) is 4.75. The number of halogens is 2. The van der Waals surface area contributed by atoms with Gasteiger partial charge in [-0.1, -0.05) is 0 Å². The molecular formula is C14H17Br2N3O. The second-order valence-electron chi connectivity index (χ2n) is 4.68. The molecule has 1 atom stereocenters. The Hall–Kier alpha value is -1.01. The predicted octanol–water partition coefficient (Wildman–Crippen LogP) is 4.44. The molecule has 20 heavy (non-hydrogen) atoms. The van der Waals surface area contributed by atoms with E-state index in [1.54, 1.807) is 7.11 Å². The van der Waals surface area contributed by atoms with Gasteiger partial charge in [-0.3, -0.25) is 4.68 Å². The molecule has 1 unspecified atom stereocenters. The van der Waals surface area contributed by atoms with Crippen LogP contribution in [0.3, 0.4) is 0 Å². The first-order chi connectivity index (χ1) is 9.42. The van der Waals surface area contributed by atoms with Crippen LogP contribution in [0.15, 0.2) is 27.3 Å². The molecule has 0 fully saturated rings. The van der Waals surface area contributed by atoms with Crippen molar-refractivity contribution < 1.29 is 4.74 Å². The number of aromatic nitrogens is 2. The Balaban J connectivity index is 2.27. The van der Waals surface area contributed by atoms with Crippen molar-refractivity contribution in [3.05, 3.63) is 38.5 Å². The van der Waals surface area contributed by atoms with E-state index in [-0.39, 0.29) is 6.04 Å². The summed E-state index contributed by atoms with van der Waals surface area (Å²) in [5.41, 5.74) is 3.20. The number of hydrogen-bond acceptors (Lipinski definition) is 3. The van der Waals surface area contributed by atoms with Gasteiger partial charge in [0.15, 0.2) is 0 Å². The second-order valence-corrected chi connectivity index (χ2v) is 6.38. The van der Waals surface area contributed by atoms with Crippen LogP contribution in [-0.2, 0) is 7.05 Å². The van der Waals surface area contributed by atoms with Gasteiger partial charge in [-0.2, -0.15) is 5.10 Å². The van der Waals surface area contributed by atoms with E-state index in [0.717, 1.165) is 26.1 Å². The molecule has 1 aromatic heterocycles. The normalized spacial score (nSPS) is 12.3. The number of aryl methyl sites for hydroxylation is 2. The summed E-state index contributed by atoms with van der Waals surface area (Å²) < 4.78 is 9.07. The summed E-state index contributed by atoms with van der Waals surface area (Å²) in [7, 11) is 3.59. The number of nitrogens with zero attached hydrogens (tertiary/aromatic N) is 2. The maximum atomic E-state index is 5.33. The Morgan fingerprint density at radius 2 is 2.00 bits per heavy atom. The Labute approximate surface area is 135 Å². The van der Waals surface area contributed by atoms with E-state index in [4.69, 9.17) is 4.74 Å². The Bertz CT molecular complexity index is 625. The molecule has 0 aliphatic rings. The number of ether oxygens (including phenoxy) is 1. The highest BCUT2D eigenvalue weighted by Crippen LogP contribution is 2.36. The lowest BCUT2D eigenvalue weighted by molar-refractivity contribution is 0.412.